The van der Waals surface area contributed by atoms with E-state index in [1.165, 1.54) is 47.1 Å². The van der Waals surface area contributed by atoms with Gasteiger partial charge in [-0.25, -0.2) is 0 Å². The molecular formula is C23H13F3N2O3S2. The molecule has 0 fully saturated rings. The summed E-state index contributed by atoms with van der Waals surface area (Å²) < 4.78 is 49.0. The largest absolute Gasteiger partial charge is 0.459 e. The highest BCUT2D eigenvalue weighted by molar-refractivity contribution is 7.33. The van der Waals surface area contributed by atoms with E-state index in [-0.39, 0.29) is 11.4 Å². The number of carbonyl (C=O) groups excluding carboxylic acids is 2. The number of carbonyl (C=O) groups is 2. The molecule has 0 aliphatic carbocycles. The third-order valence-electron chi connectivity index (χ3n) is 4.85. The van der Waals surface area contributed by atoms with Gasteiger partial charge in [-0.2, -0.15) is 13.2 Å². The summed E-state index contributed by atoms with van der Waals surface area (Å²) in [5, 5.41) is 5.73. The molecule has 2 N–H and O–H groups in total. The molecule has 0 aliphatic heterocycles. The van der Waals surface area contributed by atoms with Gasteiger partial charge in [0.05, 0.1) is 27.1 Å². The second kappa shape index (κ2) is 8.05. The van der Waals surface area contributed by atoms with Gasteiger partial charge < -0.3 is 15.1 Å². The first kappa shape index (κ1) is 21.2. The van der Waals surface area contributed by atoms with Crippen LogP contribution in [0.2, 0.25) is 0 Å². The van der Waals surface area contributed by atoms with Crippen LogP contribution in [0, 0.1) is 0 Å². The van der Waals surface area contributed by atoms with Crippen molar-refractivity contribution in [3.63, 3.8) is 0 Å². The van der Waals surface area contributed by atoms with Crippen LogP contribution in [0.25, 0.3) is 19.5 Å². The third-order valence-corrected chi connectivity index (χ3v) is 7.26. The summed E-state index contributed by atoms with van der Waals surface area (Å²) in [6, 6.07) is 15.5. The van der Waals surface area contributed by atoms with E-state index in [4.69, 9.17) is 4.42 Å². The number of alkyl halides is 3. The molecule has 0 saturated heterocycles. The van der Waals surface area contributed by atoms with Crippen LogP contribution in [0.3, 0.4) is 0 Å². The number of benzene rings is 2. The Hall–Kier alpha value is -3.63. The predicted octanol–water partition coefficient (Wildman–Crippen LogP) is 7.23. The van der Waals surface area contributed by atoms with Crippen molar-refractivity contribution in [3.05, 3.63) is 83.1 Å². The number of furan rings is 1. The van der Waals surface area contributed by atoms with Crippen molar-refractivity contribution in [3.8, 4) is 0 Å². The fraction of sp³-hybridized carbons (Fsp3) is 0.0435. The number of hydrogen-bond donors (Lipinski definition) is 2. The quantitative estimate of drug-likeness (QED) is 0.281. The maximum absolute atomic E-state index is 13.7. The van der Waals surface area contributed by atoms with E-state index in [1.54, 1.807) is 6.07 Å². The average molecular weight is 486 g/mol. The van der Waals surface area contributed by atoms with Gasteiger partial charge in [0.1, 0.15) is 0 Å². The van der Waals surface area contributed by atoms with Crippen molar-refractivity contribution in [2.75, 3.05) is 10.6 Å². The van der Waals surface area contributed by atoms with Crippen LogP contribution in [-0.4, -0.2) is 11.8 Å². The lowest BCUT2D eigenvalue weighted by atomic mass is 10.1. The van der Waals surface area contributed by atoms with E-state index in [9.17, 15) is 22.8 Å². The van der Waals surface area contributed by atoms with E-state index in [0.717, 1.165) is 31.6 Å². The van der Waals surface area contributed by atoms with Crippen molar-refractivity contribution in [2.45, 2.75) is 6.18 Å². The number of fused-ring (bicyclic) bond motifs is 3. The summed E-state index contributed by atoms with van der Waals surface area (Å²) in [4.78, 5) is 25.2. The average Bonchev–Trinajstić information content (AvgIpc) is 3.50. The second-order valence-electron chi connectivity index (χ2n) is 7.05. The number of halogens is 3. The molecule has 5 nitrogen and oxygen atoms in total. The molecule has 5 rings (SSSR count). The Morgan fingerprint density at radius 3 is 2.42 bits per heavy atom. The van der Waals surface area contributed by atoms with Crippen LogP contribution in [0.15, 0.2) is 71.3 Å². The Morgan fingerprint density at radius 2 is 1.67 bits per heavy atom. The van der Waals surface area contributed by atoms with Crippen molar-refractivity contribution < 1.29 is 27.2 Å². The van der Waals surface area contributed by atoms with Crippen molar-refractivity contribution in [2.24, 2.45) is 0 Å². The van der Waals surface area contributed by atoms with E-state index in [1.807, 2.05) is 24.3 Å². The molecule has 5 aromatic rings. The fourth-order valence-corrected chi connectivity index (χ4v) is 5.78. The Kier molecular flexibility index (Phi) is 5.18. The zero-order valence-electron chi connectivity index (χ0n) is 16.5. The lowest BCUT2D eigenvalue weighted by molar-refractivity contribution is -0.136. The fourth-order valence-electron chi connectivity index (χ4n) is 3.36. The molecule has 0 radical (unpaired) electrons. The molecule has 0 spiro atoms. The molecule has 3 aromatic heterocycles. The molecule has 0 saturated carbocycles. The molecule has 2 aromatic carbocycles. The molecular weight excluding hydrogens is 473 g/mol. The van der Waals surface area contributed by atoms with Gasteiger partial charge >= 0.3 is 6.18 Å². The highest BCUT2D eigenvalue weighted by Gasteiger charge is 2.34. The first-order valence-electron chi connectivity index (χ1n) is 9.58. The summed E-state index contributed by atoms with van der Waals surface area (Å²) in [5.74, 6) is -1.35. The number of amides is 2. The highest BCUT2D eigenvalue weighted by Crippen LogP contribution is 2.40. The summed E-state index contributed by atoms with van der Waals surface area (Å²) >= 11 is 2.76. The molecule has 0 atom stereocenters. The first-order valence-corrected chi connectivity index (χ1v) is 11.2. The monoisotopic (exact) mass is 486 g/mol. The van der Waals surface area contributed by atoms with Gasteiger partial charge in [0.2, 0.25) is 0 Å². The van der Waals surface area contributed by atoms with Crippen LogP contribution >= 0.6 is 22.7 Å². The summed E-state index contributed by atoms with van der Waals surface area (Å²) in [6.45, 7) is 0. The summed E-state index contributed by atoms with van der Waals surface area (Å²) in [5.41, 5.74) is -1.55. The minimum absolute atomic E-state index is 0.0360. The molecule has 0 bridgehead atoms. The minimum Gasteiger partial charge on any atom is -0.459 e. The van der Waals surface area contributed by atoms with Gasteiger partial charge in [0.25, 0.3) is 11.8 Å². The molecule has 2 amide bonds. The highest BCUT2D eigenvalue weighted by atomic mass is 32.1. The number of hydrogen-bond acceptors (Lipinski definition) is 5. The molecule has 33 heavy (non-hydrogen) atoms. The normalized spacial score (nSPS) is 11.7. The molecule has 0 aliphatic rings. The Morgan fingerprint density at radius 1 is 0.848 bits per heavy atom. The van der Waals surface area contributed by atoms with Gasteiger partial charge in [-0.05, 0) is 42.5 Å². The lowest BCUT2D eigenvalue weighted by Crippen LogP contribution is -2.17. The molecule has 10 heteroatoms. The Balaban J connectivity index is 1.42. The number of anilines is 2. The topological polar surface area (TPSA) is 71.3 Å². The Bertz CT molecular complexity index is 1500. The maximum Gasteiger partial charge on any atom is 0.418 e. The third kappa shape index (κ3) is 4.10. The van der Waals surface area contributed by atoms with E-state index < -0.39 is 29.2 Å². The predicted molar refractivity (Wildman–Crippen MR) is 123 cm³/mol. The van der Waals surface area contributed by atoms with Crippen LogP contribution in [0.1, 0.15) is 25.8 Å². The molecule has 166 valence electrons. The maximum atomic E-state index is 13.7. The summed E-state index contributed by atoms with van der Waals surface area (Å²) in [7, 11) is 0. The van der Waals surface area contributed by atoms with Crippen molar-refractivity contribution in [1.29, 1.82) is 0 Å². The van der Waals surface area contributed by atoms with Gasteiger partial charge in [0, 0.05) is 20.5 Å². The summed E-state index contributed by atoms with van der Waals surface area (Å²) in [6.07, 6.45) is -3.47. The first-order chi connectivity index (χ1) is 15.8. The molecule has 0 unspecified atom stereocenters. The van der Waals surface area contributed by atoms with Gasteiger partial charge in [-0.15, -0.1) is 22.7 Å². The van der Waals surface area contributed by atoms with Crippen LogP contribution in [0.5, 0.6) is 0 Å². The molecule has 3 heterocycles. The van der Waals surface area contributed by atoms with Gasteiger partial charge in [0.15, 0.2) is 5.76 Å². The zero-order valence-corrected chi connectivity index (χ0v) is 18.2. The number of rotatable bonds is 4. The van der Waals surface area contributed by atoms with Crippen LogP contribution in [0.4, 0.5) is 24.5 Å². The second-order valence-corrected chi connectivity index (χ2v) is 9.18. The number of thiophene rings is 2. The zero-order chi connectivity index (χ0) is 23.2. The van der Waals surface area contributed by atoms with E-state index >= 15 is 0 Å². The SMILES string of the molecule is O=C(Nc1ccc(NC(=O)c2cc3sc4ccccc4c3s2)c(C(F)(F)F)c1)c1ccco1. The number of nitrogens with one attached hydrogen (secondary N) is 2. The van der Waals surface area contributed by atoms with Crippen LogP contribution in [-0.2, 0) is 6.18 Å². The van der Waals surface area contributed by atoms with Crippen molar-refractivity contribution in [1.82, 2.24) is 0 Å². The van der Waals surface area contributed by atoms with Crippen molar-refractivity contribution >= 4 is 65.3 Å². The van der Waals surface area contributed by atoms with Crippen LogP contribution < -0.4 is 10.6 Å². The van der Waals surface area contributed by atoms with Gasteiger partial charge in [-0.1, -0.05) is 18.2 Å². The van der Waals surface area contributed by atoms with E-state index in [0.29, 0.717) is 4.88 Å². The Labute approximate surface area is 192 Å². The van der Waals surface area contributed by atoms with E-state index in [2.05, 4.69) is 10.6 Å². The minimum atomic E-state index is -4.75. The standard InChI is InChI=1S/C23H13F3N2O3S2/c24-23(25,26)14-10-12(27-21(29)16-5-3-9-31-16)7-8-15(14)28-22(30)19-11-18-20(33-19)13-4-1-2-6-17(13)32-18/h1-11H,(H,27,29)(H,28,30). The smallest absolute Gasteiger partial charge is 0.418 e. The lowest BCUT2D eigenvalue weighted by Gasteiger charge is -2.15. The van der Waals surface area contributed by atoms with Gasteiger partial charge in [-0.3, -0.25) is 9.59 Å².